The summed E-state index contributed by atoms with van der Waals surface area (Å²) in [6, 6.07) is 4.16. The zero-order valence-corrected chi connectivity index (χ0v) is 8.82. The van der Waals surface area contributed by atoms with Crippen LogP contribution < -0.4 is 5.73 Å². The molecule has 0 bridgehead atoms. The molecule has 0 aromatic carbocycles. The van der Waals surface area contributed by atoms with Crippen LogP contribution in [0.3, 0.4) is 0 Å². The Morgan fingerprint density at radius 3 is 2.85 bits per heavy atom. The van der Waals surface area contributed by atoms with Gasteiger partial charge in [0, 0.05) is 11.4 Å². The number of hydrogen-bond donors (Lipinski definition) is 1. The summed E-state index contributed by atoms with van der Waals surface area (Å²) in [5.74, 6) is 5.87. The molecule has 0 saturated carbocycles. The minimum atomic E-state index is 0.431. The summed E-state index contributed by atoms with van der Waals surface area (Å²) in [6.45, 7) is 1.41. The van der Waals surface area contributed by atoms with E-state index in [1.807, 2.05) is 6.07 Å². The molecule has 0 unspecified atom stereocenters. The number of nitrogens with two attached hydrogens (primary N) is 1. The summed E-state index contributed by atoms with van der Waals surface area (Å²) < 4.78 is 0. The standard InChI is InChI=1S/C10H14N2S/c1-12(2)8-10-6-5-9(13-10)4-3-7-11/h5-6H,7-8,11H2,1-2H3. The van der Waals surface area contributed by atoms with Crippen molar-refractivity contribution in [3.8, 4) is 11.8 Å². The van der Waals surface area contributed by atoms with Crippen molar-refractivity contribution >= 4 is 11.3 Å². The monoisotopic (exact) mass is 194 g/mol. The SMILES string of the molecule is CN(C)Cc1ccc(C#CCN)s1. The third-order valence-corrected chi connectivity index (χ3v) is 2.43. The third-order valence-electron chi connectivity index (χ3n) is 1.45. The van der Waals surface area contributed by atoms with Gasteiger partial charge in [0.1, 0.15) is 0 Å². The Kier molecular flexibility index (Phi) is 3.97. The molecule has 0 saturated heterocycles. The maximum absolute atomic E-state index is 5.29. The van der Waals surface area contributed by atoms with Gasteiger partial charge < -0.3 is 10.6 Å². The molecule has 0 radical (unpaired) electrons. The Hall–Kier alpha value is -0.820. The Labute approximate surface area is 83.4 Å². The topological polar surface area (TPSA) is 29.3 Å². The average Bonchev–Trinajstić information content (AvgIpc) is 2.48. The lowest BCUT2D eigenvalue weighted by molar-refractivity contribution is 0.406. The van der Waals surface area contributed by atoms with Crippen LogP contribution in [0.25, 0.3) is 0 Å². The van der Waals surface area contributed by atoms with Gasteiger partial charge in [0.25, 0.3) is 0 Å². The van der Waals surface area contributed by atoms with Crippen molar-refractivity contribution in [2.45, 2.75) is 6.54 Å². The van der Waals surface area contributed by atoms with Gasteiger partial charge in [0.05, 0.1) is 11.4 Å². The number of rotatable bonds is 2. The first-order chi connectivity index (χ1) is 6.22. The summed E-state index contributed by atoms with van der Waals surface area (Å²) in [7, 11) is 4.12. The van der Waals surface area contributed by atoms with Gasteiger partial charge in [-0.3, -0.25) is 0 Å². The van der Waals surface area contributed by atoms with Crippen molar-refractivity contribution < 1.29 is 0 Å². The third kappa shape index (κ3) is 3.60. The van der Waals surface area contributed by atoms with E-state index in [4.69, 9.17) is 5.73 Å². The molecule has 13 heavy (non-hydrogen) atoms. The molecule has 2 nitrogen and oxygen atoms in total. The van der Waals surface area contributed by atoms with Crippen molar-refractivity contribution in [2.24, 2.45) is 5.73 Å². The Morgan fingerprint density at radius 1 is 1.46 bits per heavy atom. The molecule has 1 rings (SSSR count). The van der Waals surface area contributed by atoms with Gasteiger partial charge in [-0.1, -0.05) is 11.8 Å². The molecule has 1 aromatic rings. The van der Waals surface area contributed by atoms with E-state index < -0.39 is 0 Å². The minimum Gasteiger partial charge on any atom is -0.320 e. The van der Waals surface area contributed by atoms with E-state index in [9.17, 15) is 0 Å². The van der Waals surface area contributed by atoms with Crippen LogP contribution in [0.1, 0.15) is 9.75 Å². The maximum Gasteiger partial charge on any atom is 0.0772 e. The Morgan fingerprint density at radius 2 is 2.23 bits per heavy atom. The van der Waals surface area contributed by atoms with Gasteiger partial charge in [0.2, 0.25) is 0 Å². The van der Waals surface area contributed by atoms with E-state index in [-0.39, 0.29) is 0 Å². The Bertz CT molecular complexity index is 317. The molecular weight excluding hydrogens is 180 g/mol. The molecule has 0 aliphatic heterocycles. The molecule has 1 aromatic heterocycles. The van der Waals surface area contributed by atoms with Crippen LogP contribution in [0.15, 0.2) is 12.1 Å². The lowest BCUT2D eigenvalue weighted by atomic mass is 10.4. The van der Waals surface area contributed by atoms with E-state index in [1.165, 1.54) is 4.88 Å². The fraction of sp³-hybridized carbons (Fsp3) is 0.400. The zero-order valence-electron chi connectivity index (χ0n) is 8.00. The van der Waals surface area contributed by atoms with Crippen LogP contribution in [-0.4, -0.2) is 25.5 Å². The molecule has 1 heterocycles. The highest BCUT2D eigenvalue weighted by molar-refractivity contribution is 7.12. The fourth-order valence-electron chi connectivity index (χ4n) is 0.980. The van der Waals surface area contributed by atoms with Crippen LogP contribution in [-0.2, 0) is 6.54 Å². The fourth-order valence-corrected chi connectivity index (χ4v) is 1.98. The molecule has 70 valence electrons. The average molecular weight is 194 g/mol. The number of nitrogens with zero attached hydrogens (tertiary/aromatic N) is 1. The van der Waals surface area contributed by atoms with Crippen molar-refractivity contribution in [3.05, 3.63) is 21.9 Å². The number of hydrogen-bond acceptors (Lipinski definition) is 3. The van der Waals surface area contributed by atoms with Crippen molar-refractivity contribution in [3.63, 3.8) is 0 Å². The zero-order chi connectivity index (χ0) is 9.68. The van der Waals surface area contributed by atoms with E-state index in [0.717, 1.165) is 11.4 Å². The molecule has 0 aliphatic carbocycles. The quantitative estimate of drug-likeness (QED) is 0.715. The van der Waals surface area contributed by atoms with Crippen LogP contribution in [0, 0.1) is 11.8 Å². The highest BCUT2D eigenvalue weighted by atomic mass is 32.1. The molecular formula is C10H14N2S. The molecule has 0 aliphatic rings. The summed E-state index contributed by atoms with van der Waals surface area (Å²) in [4.78, 5) is 4.58. The molecule has 2 N–H and O–H groups in total. The smallest absolute Gasteiger partial charge is 0.0772 e. The summed E-state index contributed by atoms with van der Waals surface area (Å²) in [6.07, 6.45) is 0. The maximum atomic E-state index is 5.29. The first kappa shape index (κ1) is 10.3. The second-order valence-electron chi connectivity index (χ2n) is 3.01. The van der Waals surface area contributed by atoms with Gasteiger partial charge in [-0.25, -0.2) is 0 Å². The molecule has 3 heteroatoms. The van der Waals surface area contributed by atoms with Crippen LogP contribution in [0.4, 0.5) is 0 Å². The van der Waals surface area contributed by atoms with E-state index in [2.05, 4.69) is 36.9 Å². The van der Waals surface area contributed by atoms with Crippen LogP contribution in [0.2, 0.25) is 0 Å². The number of thiophene rings is 1. The highest BCUT2D eigenvalue weighted by Gasteiger charge is 1.98. The first-order valence-electron chi connectivity index (χ1n) is 4.14. The molecule has 0 amide bonds. The van der Waals surface area contributed by atoms with Crippen molar-refractivity contribution in [1.82, 2.24) is 4.90 Å². The molecule has 0 atom stereocenters. The Balaban J connectivity index is 2.63. The minimum absolute atomic E-state index is 0.431. The van der Waals surface area contributed by atoms with Crippen molar-refractivity contribution in [1.29, 1.82) is 0 Å². The second kappa shape index (κ2) is 5.03. The highest BCUT2D eigenvalue weighted by Crippen LogP contribution is 2.16. The largest absolute Gasteiger partial charge is 0.320 e. The normalized spacial score (nSPS) is 9.85. The first-order valence-corrected chi connectivity index (χ1v) is 4.96. The molecule has 0 fully saturated rings. The van der Waals surface area contributed by atoms with E-state index >= 15 is 0 Å². The second-order valence-corrected chi connectivity index (χ2v) is 4.18. The van der Waals surface area contributed by atoms with Gasteiger partial charge in [0.15, 0.2) is 0 Å². The predicted octanol–water partition coefficient (Wildman–Crippen LogP) is 1.12. The van der Waals surface area contributed by atoms with E-state index in [1.54, 1.807) is 11.3 Å². The van der Waals surface area contributed by atoms with Crippen molar-refractivity contribution in [2.75, 3.05) is 20.6 Å². The lowest BCUT2D eigenvalue weighted by Gasteiger charge is -2.05. The molecule has 0 spiro atoms. The van der Waals surface area contributed by atoms with Gasteiger partial charge >= 0.3 is 0 Å². The van der Waals surface area contributed by atoms with Gasteiger partial charge in [-0.05, 0) is 26.2 Å². The van der Waals surface area contributed by atoms with Crippen LogP contribution in [0.5, 0.6) is 0 Å². The predicted molar refractivity (Wildman–Crippen MR) is 57.6 cm³/mol. The van der Waals surface area contributed by atoms with Gasteiger partial charge in [-0.15, -0.1) is 11.3 Å². The van der Waals surface area contributed by atoms with Gasteiger partial charge in [-0.2, -0.15) is 0 Å². The summed E-state index contributed by atoms with van der Waals surface area (Å²) >= 11 is 1.73. The lowest BCUT2D eigenvalue weighted by Crippen LogP contribution is -2.09. The van der Waals surface area contributed by atoms with E-state index in [0.29, 0.717) is 6.54 Å². The van der Waals surface area contributed by atoms with Crippen LogP contribution >= 0.6 is 11.3 Å². The summed E-state index contributed by atoms with van der Waals surface area (Å²) in [5, 5.41) is 0. The summed E-state index contributed by atoms with van der Waals surface area (Å²) in [5.41, 5.74) is 5.29.